The van der Waals surface area contributed by atoms with E-state index in [1.807, 2.05) is 43.3 Å². The number of aromatic nitrogens is 2. The lowest BCUT2D eigenvalue weighted by Crippen LogP contribution is -2.14. The van der Waals surface area contributed by atoms with Crippen LogP contribution in [-0.4, -0.2) is 17.1 Å². The molecule has 0 saturated carbocycles. The highest BCUT2D eigenvalue weighted by atomic mass is 32.1. The summed E-state index contributed by atoms with van der Waals surface area (Å²) in [6.45, 7) is 2.04. The first-order valence-electron chi connectivity index (χ1n) is 6.55. The van der Waals surface area contributed by atoms with Gasteiger partial charge >= 0.3 is 0 Å². The van der Waals surface area contributed by atoms with E-state index in [4.69, 9.17) is 10.6 Å². The lowest BCUT2D eigenvalue weighted by Gasteiger charge is -2.15. The van der Waals surface area contributed by atoms with Gasteiger partial charge in [0.1, 0.15) is 10.9 Å². The van der Waals surface area contributed by atoms with Gasteiger partial charge in [0.05, 0.1) is 5.39 Å². The van der Waals surface area contributed by atoms with Crippen molar-refractivity contribution in [3.63, 3.8) is 0 Å². The van der Waals surface area contributed by atoms with E-state index >= 15 is 0 Å². The molecular weight excluding hydrogens is 284 g/mol. The minimum atomic E-state index is -0.315. The number of fused-ring (bicyclic) bond motifs is 1. The molecular formula is C15H16N4OS. The summed E-state index contributed by atoms with van der Waals surface area (Å²) >= 11 is 1.62. The van der Waals surface area contributed by atoms with Crippen LogP contribution in [0, 0.1) is 6.92 Å². The maximum Gasteiger partial charge on any atom is 0.165 e. The molecule has 0 radical (unpaired) electrons. The van der Waals surface area contributed by atoms with Crippen molar-refractivity contribution in [1.82, 2.24) is 9.97 Å². The van der Waals surface area contributed by atoms with E-state index in [9.17, 15) is 0 Å². The molecule has 0 aliphatic rings. The molecule has 108 valence electrons. The van der Waals surface area contributed by atoms with Crippen LogP contribution in [0.1, 0.15) is 22.4 Å². The van der Waals surface area contributed by atoms with Crippen molar-refractivity contribution >= 4 is 27.4 Å². The highest BCUT2D eigenvalue weighted by Crippen LogP contribution is 2.31. The van der Waals surface area contributed by atoms with Gasteiger partial charge in [0, 0.05) is 12.0 Å². The van der Waals surface area contributed by atoms with E-state index in [1.54, 1.807) is 18.4 Å². The summed E-state index contributed by atoms with van der Waals surface area (Å²) in [5.74, 6) is 6.82. The summed E-state index contributed by atoms with van der Waals surface area (Å²) in [4.78, 5) is 11.2. The van der Waals surface area contributed by atoms with E-state index in [1.165, 1.54) is 4.88 Å². The summed E-state index contributed by atoms with van der Waals surface area (Å²) in [5, 5.41) is 0.937. The van der Waals surface area contributed by atoms with Crippen molar-refractivity contribution in [3.05, 3.63) is 52.7 Å². The number of hydrogen-bond acceptors (Lipinski definition) is 6. The molecule has 5 nitrogen and oxygen atoms in total. The Labute approximate surface area is 126 Å². The van der Waals surface area contributed by atoms with E-state index in [2.05, 4.69) is 15.4 Å². The fourth-order valence-electron chi connectivity index (χ4n) is 2.30. The maximum absolute atomic E-state index is 5.60. The SMILES string of the molecule is COC(c1ccccc1)c1nc(NN)c2cc(C)sc2n1. The van der Waals surface area contributed by atoms with Crippen LogP contribution in [-0.2, 0) is 4.74 Å². The average Bonchev–Trinajstić information content (AvgIpc) is 2.88. The number of methoxy groups -OCH3 is 1. The maximum atomic E-state index is 5.60. The Morgan fingerprint density at radius 3 is 2.67 bits per heavy atom. The zero-order valence-electron chi connectivity index (χ0n) is 11.8. The van der Waals surface area contributed by atoms with Gasteiger partial charge in [-0.15, -0.1) is 11.3 Å². The van der Waals surface area contributed by atoms with Gasteiger partial charge in [-0.3, -0.25) is 0 Å². The van der Waals surface area contributed by atoms with Gasteiger partial charge in [-0.1, -0.05) is 30.3 Å². The van der Waals surface area contributed by atoms with Crippen LogP contribution < -0.4 is 11.3 Å². The number of benzene rings is 1. The molecule has 2 heterocycles. The number of nitrogens with two attached hydrogens (primary N) is 1. The monoisotopic (exact) mass is 300 g/mol. The van der Waals surface area contributed by atoms with Crippen molar-refractivity contribution in [2.75, 3.05) is 12.5 Å². The topological polar surface area (TPSA) is 73.1 Å². The van der Waals surface area contributed by atoms with Gasteiger partial charge in [0.25, 0.3) is 0 Å². The predicted octanol–water partition coefficient (Wildman–Crippen LogP) is 3.02. The van der Waals surface area contributed by atoms with E-state index < -0.39 is 0 Å². The van der Waals surface area contributed by atoms with Crippen molar-refractivity contribution in [2.45, 2.75) is 13.0 Å². The number of ether oxygens (including phenoxy) is 1. The second-order valence-electron chi connectivity index (χ2n) is 4.68. The van der Waals surface area contributed by atoms with E-state index in [-0.39, 0.29) is 6.10 Å². The number of rotatable bonds is 4. The van der Waals surface area contributed by atoms with Gasteiger partial charge in [0.15, 0.2) is 11.6 Å². The third kappa shape index (κ3) is 2.61. The Bertz CT molecular complexity index is 757. The van der Waals surface area contributed by atoms with Gasteiger partial charge in [-0.05, 0) is 18.6 Å². The Morgan fingerprint density at radius 2 is 2.00 bits per heavy atom. The highest BCUT2D eigenvalue weighted by molar-refractivity contribution is 7.18. The fraction of sp³-hybridized carbons (Fsp3) is 0.200. The molecule has 1 atom stereocenters. The number of nitrogens with zero attached hydrogens (tertiary/aromatic N) is 2. The summed E-state index contributed by atoms with van der Waals surface area (Å²) in [5.41, 5.74) is 3.66. The largest absolute Gasteiger partial charge is 0.369 e. The molecule has 1 aromatic carbocycles. The van der Waals surface area contributed by atoms with Crippen LogP contribution in [0.4, 0.5) is 5.82 Å². The van der Waals surface area contributed by atoms with Crippen LogP contribution in [0.3, 0.4) is 0 Å². The molecule has 0 spiro atoms. The standard InChI is InChI=1S/C15H16N4OS/c1-9-8-11-13(19-16)17-14(18-15(11)21-9)12(20-2)10-6-4-3-5-7-10/h3-8,12H,16H2,1-2H3,(H,17,18,19). The van der Waals surface area contributed by atoms with Crippen LogP contribution in [0.25, 0.3) is 10.2 Å². The second kappa shape index (κ2) is 5.77. The lowest BCUT2D eigenvalue weighted by atomic mass is 10.1. The Balaban J connectivity index is 2.14. The molecule has 1 unspecified atom stereocenters. The fourth-order valence-corrected chi connectivity index (χ4v) is 3.19. The van der Waals surface area contributed by atoms with E-state index in [0.29, 0.717) is 11.6 Å². The number of thiophene rings is 1. The van der Waals surface area contributed by atoms with Crippen molar-refractivity contribution in [2.24, 2.45) is 5.84 Å². The summed E-state index contributed by atoms with van der Waals surface area (Å²) in [7, 11) is 1.65. The minimum absolute atomic E-state index is 0.315. The average molecular weight is 300 g/mol. The number of hydrogen-bond donors (Lipinski definition) is 2. The van der Waals surface area contributed by atoms with Gasteiger partial charge in [-0.25, -0.2) is 15.8 Å². The first-order valence-corrected chi connectivity index (χ1v) is 7.37. The highest BCUT2D eigenvalue weighted by Gasteiger charge is 2.19. The van der Waals surface area contributed by atoms with Gasteiger partial charge in [-0.2, -0.15) is 0 Å². The molecule has 3 N–H and O–H groups in total. The molecule has 0 aliphatic heterocycles. The quantitative estimate of drug-likeness (QED) is 0.572. The third-order valence-corrected chi connectivity index (χ3v) is 4.19. The zero-order valence-corrected chi connectivity index (χ0v) is 12.6. The Kier molecular flexibility index (Phi) is 3.83. The first-order chi connectivity index (χ1) is 10.2. The summed E-state index contributed by atoms with van der Waals surface area (Å²) < 4.78 is 5.59. The normalized spacial score (nSPS) is 12.5. The summed E-state index contributed by atoms with van der Waals surface area (Å²) in [6.07, 6.45) is -0.315. The molecule has 0 saturated heterocycles. The molecule has 3 rings (SSSR count). The first kappa shape index (κ1) is 13.9. The molecule has 0 aliphatic carbocycles. The zero-order chi connectivity index (χ0) is 14.8. The molecule has 0 bridgehead atoms. The molecule has 0 amide bonds. The molecule has 6 heteroatoms. The molecule has 3 aromatic rings. The smallest absolute Gasteiger partial charge is 0.165 e. The van der Waals surface area contributed by atoms with Gasteiger partial charge < -0.3 is 10.2 Å². The minimum Gasteiger partial charge on any atom is -0.369 e. The lowest BCUT2D eigenvalue weighted by molar-refractivity contribution is 0.129. The van der Waals surface area contributed by atoms with Crippen LogP contribution >= 0.6 is 11.3 Å². The van der Waals surface area contributed by atoms with Crippen LogP contribution in [0.15, 0.2) is 36.4 Å². The molecule has 2 aromatic heterocycles. The van der Waals surface area contributed by atoms with Crippen LogP contribution in [0.2, 0.25) is 0 Å². The number of nitrogen functional groups attached to an aromatic ring is 1. The van der Waals surface area contributed by atoms with E-state index in [0.717, 1.165) is 15.8 Å². The Hall–Kier alpha value is -2.02. The predicted molar refractivity (Wildman–Crippen MR) is 85.3 cm³/mol. The van der Waals surface area contributed by atoms with Gasteiger partial charge in [0.2, 0.25) is 0 Å². The third-order valence-electron chi connectivity index (χ3n) is 3.24. The second-order valence-corrected chi connectivity index (χ2v) is 5.91. The summed E-state index contributed by atoms with van der Waals surface area (Å²) in [6, 6.07) is 11.9. The molecule has 21 heavy (non-hydrogen) atoms. The molecule has 0 fully saturated rings. The number of aryl methyl sites for hydroxylation is 1. The van der Waals surface area contributed by atoms with Crippen LogP contribution in [0.5, 0.6) is 0 Å². The van der Waals surface area contributed by atoms with Crippen molar-refractivity contribution in [1.29, 1.82) is 0 Å². The van der Waals surface area contributed by atoms with Crippen molar-refractivity contribution in [3.8, 4) is 0 Å². The Morgan fingerprint density at radius 1 is 1.24 bits per heavy atom. The number of hydrazine groups is 1. The number of anilines is 1. The van der Waals surface area contributed by atoms with Crippen molar-refractivity contribution < 1.29 is 4.74 Å². The number of nitrogens with one attached hydrogen (secondary N) is 1.